The number of urea groups is 1. The summed E-state index contributed by atoms with van der Waals surface area (Å²) in [5, 5.41) is 7.86. The summed E-state index contributed by atoms with van der Waals surface area (Å²) in [5.74, 6) is -0.687. The van der Waals surface area contributed by atoms with Crippen molar-refractivity contribution in [1.82, 2.24) is 34.6 Å². The molecule has 68 heavy (non-hydrogen) atoms. The molecule has 3 aromatic heterocycles. The fourth-order valence-electron chi connectivity index (χ4n) is 9.26. The Kier molecular flexibility index (Phi) is 20.7. The number of nitrogens with zero attached hydrogens (tertiary/aromatic N) is 6. The monoisotopic (exact) mass is 1100 g/mol. The number of carbonyl (C=O) groups excluding carboxylic acids is 4. The Morgan fingerprint density at radius 1 is 1.15 bits per heavy atom. The molecule has 4 aromatic rings. The number of methoxy groups -OCH3 is 1. The van der Waals surface area contributed by atoms with Crippen molar-refractivity contribution in [3.8, 4) is 22.5 Å². The second-order valence-corrected chi connectivity index (χ2v) is 21.7. The number of rotatable bonds is 19. The van der Waals surface area contributed by atoms with Gasteiger partial charge in [-0.25, -0.2) is 19.5 Å². The Morgan fingerprint density at radius 2 is 1.87 bits per heavy atom. The Labute approximate surface area is 429 Å². The molecule has 2 N–H and O–H groups in total. The summed E-state index contributed by atoms with van der Waals surface area (Å²) >= 11 is 5.91. The van der Waals surface area contributed by atoms with Crippen LogP contribution in [0.5, 0.6) is 0 Å². The molecule has 5 unspecified atom stereocenters. The molecule has 6 rings (SSSR count). The van der Waals surface area contributed by atoms with Gasteiger partial charge < -0.3 is 24.1 Å². The van der Waals surface area contributed by atoms with Gasteiger partial charge in [-0.05, 0) is 94.7 Å². The van der Waals surface area contributed by atoms with E-state index in [-0.39, 0.29) is 58.9 Å². The molecule has 15 nitrogen and oxygen atoms in total. The third-order valence-electron chi connectivity index (χ3n) is 12.8. The number of aromatic nitrogens is 3. The van der Waals surface area contributed by atoms with Gasteiger partial charge in [-0.15, -0.1) is 11.3 Å². The van der Waals surface area contributed by atoms with Crippen molar-refractivity contribution >= 4 is 93.5 Å². The molecule has 1 aromatic carbocycles. The molecule has 372 valence electrons. The Morgan fingerprint density at radius 3 is 2.49 bits per heavy atom. The van der Waals surface area contributed by atoms with Crippen LogP contribution < -0.4 is 10.7 Å². The molecule has 19 heteroatoms. The van der Waals surface area contributed by atoms with Crippen molar-refractivity contribution in [2.24, 2.45) is 11.3 Å². The Balaban J connectivity index is 0.00000426. The van der Waals surface area contributed by atoms with Gasteiger partial charge in [0.1, 0.15) is 36.6 Å². The normalized spacial score (nSPS) is 20.0. The van der Waals surface area contributed by atoms with Crippen molar-refractivity contribution in [3.63, 3.8) is 0 Å². The van der Waals surface area contributed by atoms with E-state index in [1.807, 2.05) is 52.3 Å². The Bertz CT molecular complexity index is 2330. The molecule has 2 aliphatic rings. The summed E-state index contributed by atoms with van der Waals surface area (Å²) < 4.78 is 21.0. The van der Waals surface area contributed by atoms with E-state index in [2.05, 4.69) is 65.2 Å². The van der Waals surface area contributed by atoms with Gasteiger partial charge in [0.15, 0.2) is 0 Å². The van der Waals surface area contributed by atoms with Gasteiger partial charge >= 0.3 is 33.9 Å². The van der Waals surface area contributed by atoms with Crippen molar-refractivity contribution < 1.29 is 37.3 Å². The second kappa shape index (κ2) is 25.2. The summed E-state index contributed by atoms with van der Waals surface area (Å²) in [6.07, 6.45) is 6.10. The van der Waals surface area contributed by atoms with E-state index >= 15 is 0 Å². The van der Waals surface area contributed by atoms with Crippen LogP contribution in [0.1, 0.15) is 90.6 Å². The zero-order valence-electron chi connectivity index (χ0n) is 41.9. The van der Waals surface area contributed by atoms with E-state index in [1.165, 1.54) is 35.2 Å². The zero-order valence-corrected chi connectivity index (χ0v) is 46.9. The number of nitrogens with one attached hydrogen (secondary N) is 2. The molecule has 5 atom stereocenters. The Hall–Kier alpha value is -3.22. The zero-order chi connectivity index (χ0) is 49.9. The molecule has 2 aliphatic heterocycles. The van der Waals surface area contributed by atoms with Gasteiger partial charge in [-0.2, -0.15) is 3.89 Å². The fraction of sp³-hybridized carbons (Fsp3) is 0.592. The number of hydrazine groups is 1. The molecule has 0 spiro atoms. The van der Waals surface area contributed by atoms with Crippen LogP contribution in [0, 0.1) is 11.3 Å². The number of fused-ring (bicyclic) bond motifs is 1. The standard InChI is InChI=1S/C48H68N8O7S3.CH3.Sb/c1-12-54-40-18-17-34(22-36(40)37(24-48(7,8)28-63-29-57)43(54)35-16-15-19-49-42(35)33(6)61-10)39-27-65-41(51-39)23-38(46(59)55-21-14-13-20-50-55)52-45(58)44(30(2)3)66-53(9)47(60)56(64-11)31(4)25-62-26-32(56)5;;/h15-19,22,27,29-33,38,44,50H,12-14,20-21,23-26,28H2,1-11H3;1H3;/p+1. The van der Waals surface area contributed by atoms with Crippen LogP contribution >= 0.6 is 35.2 Å². The minimum atomic E-state index is -0.900. The number of quaternary nitrogens is 1. The number of thiazole rings is 1. The number of hydrogen-bond donors (Lipinski definition) is 2. The SMILES string of the molecule is CCn1c(-c2cccnc2C(C)OC)c(CC(C)(C)COC=O)c2cc(-c3csc(CC(NC(=O)C(SN(C)C(=O)[N+]4(SC)C(C)COCC4C)C(C)C)C(=O)N4CCCCN4)n3)ccc21.[CH3][Sb]. The molecular weight excluding hydrogens is 1030 g/mol. The van der Waals surface area contributed by atoms with Gasteiger partial charge in [0.25, 0.3) is 12.4 Å². The number of pyridine rings is 1. The third kappa shape index (κ3) is 12.4. The van der Waals surface area contributed by atoms with Crippen molar-refractivity contribution in [3.05, 3.63) is 58.2 Å². The van der Waals surface area contributed by atoms with E-state index in [0.717, 1.165) is 57.5 Å². The molecule has 0 bridgehead atoms. The minimum absolute atomic E-state index is 0.0711. The van der Waals surface area contributed by atoms with Crippen LogP contribution in [0.25, 0.3) is 33.4 Å². The van der Waals surface area contributed by atoms with E-state index < -0.39 is 16.7 Å². The van der Waals surface area contributed by atoms with Crippen molar-refractivity contribution in [2.45, 2.75) is 122 Å². The predicted molar refractivity (Wildman–Crippen MR) is 276 cm³/mol. The van der Waals surface area contributed by atoms with Gasteiger partial charge in [0, 0.05) is 85.5 Å². The summed E-state index contributed by atoms with van der Waals surface area (Å²) in [5.41, 5.74) is 9.53. The van der Waals surface area contributed by atoms with Crippen molar-refractivity contribution in [2.75, 3.05) is 53.3 Å². The van der Waals surface area contributed by atoms with Gasteiger partial charge in [-0.3, -0.25) is 24.4 Å². The summed E-state index contributed by atoms with van der Waals surface area (Å²) in [4.78, 5) is 66.3. The number of carbonyl (C=O) groups is 4. The first kappa shape index (κ1) is 55.7. The van der Waals surface area contributed by atoms with E-state index in [4.69, 9.17) is 24.2 Å². The molecule has 2 saturated heterocycles. The molecule has 0 aliphatic carbocycles. The number of benzene rings is 1. The first-order chi connectivity index (χ1) is 32.5. The maximum atomic E-state index is 14.4. The molecule has 2 radical (unpaired) electrons. The summed E-state index contributed by atoms with van der Waals surface area (Å²) in [7, 11) is 3.42. The average molecular weight is 1100 g/mol. The van der Waals surface area contributed by atoms with Gasteiger partial charge in [0.2, 0.25) is 5.91 Å². The van der Waals surface area contributed by atoms with Crippen LogP contribution in [-0.4, -0.2) is 152 Å². The third-order valence-corrected chi connectivity index (χ3v) is 16.6. The topological polar surface area (TPSA) is 157 Å². The number of ether oxygens (including phenoxy) is 3. The van der Waals surface area contributed by atoms with Gasteiger partial charge in [-0.1, -0.05) is 33.8 Å². The molecule has 5 heterocycles. The summed E-state index contributed by atoms with van der Waals surface area (Å²) in [6.45, 7) is 19.9. The second-order valence-electron chi connectivity index (χ2n) is 18.5. The molecule has 2 fully saturated rings. The van der Waals surface area contributed by atoms with E-state index in [0.29, 0.717) is 50.7 Å². The first-order valence-corrected chi connectivity index (χ1v) is 28.9. The predicted octanol–water partition coefficient (Wildman–Crippen LogP) is 8.28. The van der Waals surface area contributed by atoms with Crippen LogP contribution in [0.3, 0.4) is 0 Å². The maximum absolute atomic E-state index is 14.4. The van der Waals surface area contributed by atoms with E-state index in [9.17, 15) is 19.2 Å². The number of morpholine rings is 1. The van der Waals surface area contributed by atoms with E-state index in [1.54, 1.807) is 52.7 Å². The first-order valence-electron chi connectivity index (χ1n) is 23.4. The van der Waals surface area contributed by atoms with Crippen LogP contribution in [0.15, 0.2) is 41.9 Å². The van der Waals surface area contributed by atoms with Crippen LogP contribution in [-0.2, 0) is 48.0 Å². The number of hydrogen-bond acceptors (Lipinski definition) is 13. The molecule has 0 saturated carbocycles. The fourth-order valence-corrected chi connectivity index (χ4v) is 12.3. The molecular formula is C49H72N8O7S3Sb+. The quantitative estimate of drug-likeness (QED) is 0.0402. The van der Waals surface area contributed by atoms with Crippen molar-refractivity contribution in [1.29, 1.82) is 0 Å². The number of aryl methyl sites for hydroxylation is 1. The summed E-state index contributed by atoms with van der Waals surface area (Å²) in [6, 6.07) is 9.29. The van der Waals surface area contributed by atoms with Gasteiger partial charge in [0.05, 0.1) is 46.7 Å². The molecule has 4 amide bonds. The average Bonchev–Trinajstić information content (AvgIpc) is 3.94. The van der Waals surface area contributed by atoms with Crippen LogP contribution in [0.4, 0.5) is 4.79 Å². The number of amides is 4. The van der Waals surface area contributed by atoms with Crippen LogP contribution in [0.2, 0.25) is 4.87 Å².